The lowest BCUT2D eigenvalue weighted by molar-refractivity contribution is 0.0519. The SMILES string of the molecule is CCOC(=O)c1ccn(-c2cccc(NC(=O)c3cc(Cl)ccn3)c2)n1. The van der Waals surface area contributed by atoms with E-state index in [0.717, 1.165) is 0 Å². The minimum atomic E-state index is -0.484. The van der Waals surface area contributed by atoms with Crippen molar-refractivity contribution in [2.75, 3.05) is 11.9 Å². The molecule has 132 valence electrons. The van der Waals surface area contributed by atoms with E-state index in [2.05, 4.69) is 15.4 Å². The monoisotopic (exact) mass is 370 g/mol. The maximum absolute atomic E-state index is 12.3. The van der Waals surface area contributed by atoms with Crippen molar-refractivity contribution < 1.29 is 14.3 Å². The van der Waals surface area contributed by atoms with Crippen LogP contribution in [0.25, 0.3) is 5.69 Å². The van der Waals surface area contributed by atoms with Crippen molar-refractivity contribution in [3.8, 4) is 5.69 Å². The Morgan fingerprint density at radius 1 is 1.19 bits per heavy atom. The van der Waals surface area contributed by atoms with Crippen LogP contribution in [0.15, 0.2) is 54.9 Å². The van der Waals surface area contributed by atoms with Gasteiger partial charge in [-0.15, -0.1) is 0 Å². The molecular formula is C18H15ClN4O3. The average Bonchev–Trinajstić information content (AvgIpc) is 3.12. The molecule has 0 saturated carbocycles. The highest BCUT2D eigenvalue weighted by Gasteiger charge is 2.12. The quantitative estimate of drug-likeness (QED) is 0.696. The van der Waals surface area contributed by atoms with E-state index >= 15 is 0 Å². The van der Waals surface area contributed by atoms with Crippen LogP contribution < -0.4 is 5.32 Å². The van der Waals surface area contributed by atoms with Crippen LogP contribution in [0.1, 0.15) is 27.9 Å². The molecule has 26 heavy (non-hydrogen) atoms. The molecular weight excluding hydrogens is 356 g/mol. The molecule has 8 heteroatoms. The van der Waals surface area contributed by atoms with Crippen LogP contribution in [0.3, 0.4) is 0 Å². The second-order valence-corrected chi connectivity index (χ2v) is 5.67. The number of halogens is 1. The Hall–Kier alpha value is -3.19. The van der Waals surface area contributed by atoms with Crippen LogP contribution in [-0.4, -0.2) is 33.2 Å². The van der Waals surface area contributed by atoms with Crippen molar-refractivity contribution in [3.63, 3.8) is 0 Å². The van der Waals surface area contributed by atoms with E-state index in [1.165, 1.54) is 16.9 Å². The van der Waals surface area contributed by atoms with Crippen molar-refractivity contribution in [2.24, 2.45) is 0 Å². The molecule has 3 rings (SSSR count). The highest BCUT2D eigenvalue weighted by atomic mass is 35.5. The molecule has 0 unspecified atom stereocenters. The van der Waals surface area contributed by atoms with Crippen molar-refractivity contribution >= 4 is 29.2 Å². The standard InChI is InChI=1S/C18H15ClN4O3/c1-2-26-18(25)15-7-9-23(22-15)14-5-3-4-13(11-14)21-17(24)16-10-12(19)6-8-20-16/h3-11H,2H2,1H3,(H,21,24). The zero-order chi connectivity index (χ0) is 18.5. The first-order valence-electron chi connectivity index (χ1n) is 7.83. The number of anilines is 1. The van der Waals surface area contributed by atoms with Crippen LogP contribution in [0.4, 0.5) is 5.69 Å². The number of hydrogen-bond donors (Lipinski definition) is 1. The predicted molar refractivity (Wildman–Crippen MR) is 96.7 cm³/mol. The van der Waals surface area contributed by atoms with Gasteiger partial charge < -0.3 is 10.1 Å². The minimum absolute atomic E-state index is 0.212. The first-order chi connectivity index (χ1) is 12.6. The summed E-state index contributed by atoms with van der Waals surface area (Å²) in [5.74, 6) is -0.861. The Labute approximate surface area is 154 Å². The van der Waals surface area contributed by atoms with E-state index in [1.807, 2.05) is 0 Å². The molecule has 1 N–H and O–H groups in total. The van der Waals surface area contributed by atoms with Crippen LogP contribution in [0, 0.1) is 0 Å². The number of nitrogens with one attached hydrogen (secondary N) is 1. The number of nitrogens with zero attached hydrogens (tertiary/aromatic N) is 3. The molecule has 0 aliphatic heterocycles. The summed E-state index contributed by atoms with van der Waals surface area (Å²) in [6.07, 6.45) is 3.11. The number of aromatic nitrogens is 3. The first kappa shape index (κ1) is 17.6. The van der Waals surface area contributed by atoms with Crippen LogP contribution >= 0.6 is 11.6 Å². The number of ether oxygens (including phenoxy) is 1. The summed E-state index contributed by atoms with van der Waals surface area (Å²) in [6, 6.07) is 11.7. The van der Waals surface area contributed by atoms with Gasteiger partial charge >= 0.3 is 5.97 Å². The molecule has 0 spiro atoms. The first-order valence-corrected chi connectivity index (χ1v) is 8.21. The summed E-state index contributed by atoms with van der Waals surface area (Å²) in [6.45, 7) is 2.01. The van der Waals surface area contributed by atoms with Gasteiger partial charge in [-0.3, -0.25) is 9.78 Å². The van der Waals surface area contributed by atoms with Gasteiger partial charge in [0.1, 0.15) is 5.69 Å². The van der Waals surface area contributed by atoms with Crippen LogP contribution in [-0.2, 0) is 4.74 Å². The fourth-order valence-electron chi connectivity index (χ4n) is 2.23. The maximum atomic E-state index is 12.3. The molecule has 0 atom stereocenters. The van der Waals surface area contributed by atoms with Crippen molar-refractivity contribution in [1.29, 1.82) is 0 Å². The number of carbonyl (C=O) groups excluding carboxylic acids is 2. The van der Waals surface area contributed by atoms with Gasteiger partial charge in [-0.2, -0.15) is 5.10 Å². The predicted octanol–water partition coefficient (Wildman–Crippen LogP) is 3.35. The number of hydrogen-bond acceptors (Lipinski definition) is 5. The molecule has 3 aromatic rings. The zero-order valence-corrected chi connectivity index (χ0v) is 14.6. The molecule has 1 aromatic carbocycles. The number of benzene rings is 1. The Balaban J connectivity index is 1.78. The average molecular weight is 371 g/mol. The highest BCUT2D eigenvalue weighted by Crippen LogP contribution is 2.16. The van der Waals surface area contributed by atoms with Gasteiger partial charge in [0.2, 0.25) is 0 Å². The van der Waals surface area contributed by atoms with Crippen molar-refractivity contribution in [3.05, 3.63) is 71.3 Å². The molecule has 0 aliphatic rings. The molecule has 0 saturated heterocycles. The lowest BCUT2D eigenvalue weighted by Gasteiger charge is -2.07. The molecule has 1 amide bonds. The fourth-order valence-corrected chi connectivity index (χ4v) is 2.39. The largest absolute Gasteiger partial charge is 0.461 e. The van der Waals surface area contributed by atoms with E-state index in [1.54, 1.807) is 49.5 Å². The lowest BCUT2D eigenvalue weighted by atomic mass is 10.2. The van der Waals surface area contributed by atoms with E-state index in [-0.39, 0.29) is 23.9 Å². The van der Waals surface area contributed by atoms with Crippen LogP contribution in [0.5, 0.6) is 0 Å². The summed E-state index contributed by atoms with van der Waals surface area (Å²) < 4.78 is 6.45. The smallest absolute Gasteiger partial charge is 0.358 e. The van der Waals surface area contributed by atoms with Crippen LogP contribution in [0.2, 0.25) is 5.02 Å². The van der Waals surface area contributed by atoms with Gasteiger partial charge in [0.05, 0.1) is 12.3 Å². The third-order valence-electron chi connectivity index (χ3n) is 3.40. The van der Waals surface area contributed by atoms with E-state index in [4.69, 9.17) is 16.3 Å². The van der Waals surface area contributed by atoms with Gasteiger partial charge in [0.25, 0.3) is 5.91 Å². The summed E-state index contributed by atoms with van der Waals surface area (Å²) in [7, 11) is 0. The molecule has 0 radical (unpaired) electrons. The van der Waals surface area contributed by atoms with Crippen molar-refractivity contribution in [1.82, 2.24) is 14.8 Å². The van der Waals surface area contributed by atoms with Gasteiger partial charge in [-0.1, -0.05) is 17.7 Å². The summed E-state index contributed by atoms with van der Waals surface area (Å²) in [4.78, 5) is 28.0. The second-order valence-electron chi connectivity index (χ2n) is 5.23. The molecule has 0 bridgehead atoms. The molecule has 0 aliphatic carbocycles. The third-order valence-corrected chi connectivity index (χ3v) is 3.63. The number of esters is 1. The Morgan fingerprint density at radius 3 is 2.81 bits per heavy atom. The van der Waals surface area contributed by atoms with Gasteiger partial charge in [-0.25, -0.2) is 9.48 Å². The van der Waals surface area contributed by atoms with Crippen molar-refractivity contribution in [2.45, 2.75) is 6.92 Å². The topological polar surface area (TPSA) is 86.1 Å². The highest BCUT2D eigenvalue weighted by molar-refractivity contribution is 6.30. The van der Waals surface area contributed by atoms with E-state index < -0.39 is 5.97 Å². The van der Waals surface area contributed by atoms with E-state index in [0.29, 0.717) is 16.4 Å². The van der Waals surface area contributed by atoms with E-state index in [9.17, 15) is 9.59 Å². The molecule has 7 nitrogen and oxygen atoms in total. The van der Waals surface area contributed by atoms with Gasteiger partial charge in [-0.05, 0) is 43.3 Å². The lowest BCUT2D eigenvalue weighted by Crippen LogP contribution is -2.13. The number of pyridine rings is 1. The molecule has 2 aromatic heterocycles. The molecule has 0 fully saturated rings. The summed E-state index contributed by atoms with van der Waals surface area (Å²) >= 11 is 5.88. The summed E-state index contributed by atoms with van der Waals surface area (Å²) in [5, 5.41) is 7.37. The number of rotatable bonds is 5. The Morgan fingerprint density at radius 2 is 2.04 bits per heavy atom. The number of carbonyl (C=O) groups is 2. The molecule has 2 heterocycles. The Kier molecular flexibility index (Phi) is 5.28. The minimum Gasteiger partial charge on any atom is -0.461 e. The normalized spacial score (nSPS) is 10.4. The fraction of sp³-hybridized carbons (Fsp3) is 0.111. The maximum Gasteiger partial charge on any atom is 0.358 e. The second kappa shape index (κ2) is 7.79. The van der Waals surface area contributed by atoms with Gasteiger partial charge in [0.15, 0.2) is 5.69 Å². The zero-order valence-electron chi connectivity index (χ0n) is 13.8. The Bertz CT molecular complexity index is 955. The van der Waals surface area contributed by atoms with Gasteiger partial charge in [0, 0.05) is 23.1 Å². The number of amides is 1. The third kappa shape index (κ3) is 4.07. The summed E-state index contributed by atoms with van der Waals surface area (Å²) in [5.41, 5.74) is 1.66.